The lowest BCUT2D eigenvalue weighted by Gasteiger charge is -2.46. The molecule has 0 aromatic rings. The third-order valence-corrected chi connectivity index (χ3v) is 20.7. The number of aliphatic hydroxyl groups is 8. The largest absolute Gasteiger partial charge is 0.394 e. The first-order chi connectivity index (χ1) is 47.1. The van der Waals surface area contributed by atoms with E-state index in [1.54, 1.807) is 0 Å². The number of carbonyl (C=O) groups excluding carboxylic acids is 1. The highest BCUT2D eigenvalue weighted by Gasteiger charge is 2.51. The molecule has 2 fully saturated rings. The minimum absolute atomic E-state index is 0.196. The number of nitrogens with one attached hydrogen (secondary N) is 1. The summed E-state index contributed by atoms with van der Waals surface area (Å²) in [6.45, 7) is 2.92. The zero-order chi connectivity index (χ0) is 69.4. The van der Waals surface area contributed by atoms with Crippen molar-refractivity contribution < 1.29 is 64.6 Å². The number of hydrogen-bond acceptors (Lipinski definition) is 13. The third kappa shape index (κ3) is 49.1. The summed E-state index contributed by atoms with van der Waals surface area (Å²) in [6.07, 6.45) is 69.5. The Morgan fingerprint density at radius 3 is 1.04 bits per heavy atom. The highest BCUT2D eigenvalue weighted by Crippen LogP contribution is 2.31. The van der Waals surface area contributed by atoms with Gasteiger partial charge < -0.3 is 65.1 Å². The standard InChI is InChI=1S/C82H157NO13/c1-3-5-7-9-11-13-15-17-19-21-23-25-27-28-29-30-31-32-33-34-35-36-37-38-39-40-41-42-44-46-48-50-52-54-56-58-60-62-64-66-74(87)83-70(69-93-81-79(92)77(90)80(73(68-85)95-81)96-82-78(91)76(89)75(88)72(67-84)94-82)71(86)65-63-61-59-57-55-53-51-49-47-45-43-26-24-22-20-18-16-14-12-10-8-6-4-2/h15,17,21,23,70-73,75-82,84-86,88-92H,3-14,16,18-20,22,24-69H2,1-2H3,(H,83,87)/b17-15-,23-21-. The number of rotatable bonds is 71. The minimum Gasteiger partial charge on any atom is -0.394 e. The Labute approximate surface area is 589 Å². The van der Waals surface area contributed by atoms with Gasteiger partial charge in [-0.3, -0.25) is 4.79 Å². The molecule has 0 aromatic carbocycles. The predicted octanol–water partition coefficient (Wildman–Crippen LogP) is 19.0. The van der Waals surface area contributed by atoms with E-state index in [0.29, 0.717) is 12.8 Å². The van der Waals surface area contributed by atoms with E-state index in [1.807, 2.05) is 0 Å². The second kappa shape index (κ2) is 66.7. The van der Waals surface area contributed by atoms with Crippen LogP contribution in [0.5, 0.6) is 0 Å². The molecule has 0 aliphatic carbocycles. The number of ether oxygens (including phenoxy) is 4. The quantitative estimate of drug-likeness (QED) is 0.0204. The van der Waals surface area contributed by atoms with Gasteiger partial charge >= 0.3 is 0 Å². The Hall–Kier alpha value is -1.53. The smallest absolute Gasteiger partial charge is 0.220 e. The minimum atomic E-state index is -1.78. The fourth-order valence-corrected chi connectivity index (χ4v) is 14.1. The maximum atomic E-state index is 13.4. The van der Waals surface area contributed by atoms with Crippen LogP contribution in [0.2, 0.25) is 0 Å². The second-order valence-corrected chi connectivity index (χ2v) is 29.6. The molecule has 0 bridgehead atoms. The lowest BCUT2D eigenvalue weighted by Crippen LogP contribution is -2.65. The van der Waals surface area contributed by atoms with E-state index in [2.05, 4.69) is 43.5 Å². The summed E-state index contributed by atoms with van der Waals surface area (Å²) in [5.74, 6) is -0.196. The van der Waals surface area contributed by atoms with E-state index in [4.69, 9.17) is 18.9 Å². The Kier molecular flexibility index (Phi) is 62.9. The molecule has 12 atom stereocenters. The molecule has 2 aliphatic rings. The molecule has 2 heterocycles. The molecule has 0 spiro atoms. The van der Waals surface area contributed by atoms with Crippen LogP contribution in [0.4, 0.5) is 0 Å². The summed E-state index contributed by atoms with van der Waals surface area (Å²) in [6, 6.07) is -0.827. The van der Waals surface area contributed by atoms with E-state index in [9.17, 15) is 45.6 Å². The zero-order valence-corrected chi connectivity index (χ0v) is 62.4. The van der Waals surface area contributed by atoms with Gasteiger partial charge in [-0.25, -0.2) is 0 Å². The molecule has 14 nitrogen and oxygen atoms in total. The molecule has 9 N–H and O–H groups in total. The van der Waals surface area contributed by atoms with Gasteiger partial charge in [0, 0.05) is 6.42 Å². The van der Waals surface area contributed by atoms with Crippen molar-refractivity contribution in [2.45, 2.75) is 473 Å². The summed E-state index contributed by atoms with van der Waals surface area (Å²) >= 11 is 0. The van der Waals surface area contributed by atoms with Crippen LogP contribution >= 0.6 is 0 Å². The van der Waals surface area contributed by atoms with Crippen LogP contribution in [-0.4, -0.2) is 140 Å². The van der Waals surface area contributed by atoms with Crippen molar-refractivity contribution in [3.8, 4) is 0 Å². The molecule has 96 heavy (non-hydrogen) atoms. The molecule has 14 heteroatoms. The fraction of sp³-hybridized carbons (Fsp3) is 0.939. The third-order valence-electron chi connectivity index (χ3n) is 20.7. The number of amides is 1. The molecule has 0 saturated carbocycles. The summed E-state index contributed by atoms with van der Waals surface area (Å²) in [5, 5.41) is 87.9. The van der Waals surface area contributed by atoms with Crippen molar-refractivity contribution in [2.24, 2.45) is 0 Å². The van der Waals surface area contributed by atoms with Crippen molar-refractivity contribution in [1.29, 1.82) is 0 Å². The van der Waals surface area contributed by atoms with Crippen molar-refractivity contribution in [3.05, 3.63) is 24.3 Å². The van der Waals surface area contributed by atoms with Crippen molar-refractivity contribution >= 4 is 5.91 Å². The Morgan fingerprint density at radius 1 is 0.375 bits per heavy atom. The maximum absolute atomic E-state index is 13.4. The van der Waals surface area contributed by atoms with Gasteiger partial charge in [-0.2, -0.15) is 0 Å². The van der Waals surface area contributed by atoms with Crippen LogP contribution in [-0.2, 0) is 23.7 Å². The first kappa shape index (κ1) is 90.6. The number of unbranched alkanes of at least 4 members (excludes halogenated alkanes) is 54. The molecular weight excluding hydrogens is 1210 g/mol. The lowest BCUT2D eigenvalue weighted by atomic mass is 9.97. The van der Waals surface area contributed by atoms with Gasteiger partial charge in [0.2, 0.25) is 5.91 Å². The second-order valence-electron chi connectivity index (χ2n) is 29.6. The van der Waals surface area contributed by atoms with Gasteiger partial charge in [-0.05, 0) is 44.9 Å². The number of carbonyl (C=O) groups is 1. The summed E-state index contributed by atoms with van der Waals surface area (Å²) in [5.41, 5.74) is 0. The summed E-state index contributed by atoms with van der Waals surface area (Å²) in [4.78, 5) is 13.4. The highest BCUT2D eigenvalue weighted by atomic mass is 16.7. The fourth-order valence-electron chi connectivity index (χ4n) is 14.1. The maximum Gasteiger partial charge on any atom is 0.220 e. The van der Waals surface area contributed by atoms with Crippen molar-refractivity contribution in [3.63, 3.8) is 0 Å². The highest BCUT2D eigenvalue weighted by molar-refractivity contribution is 5.76. The summed E-state index contributed by atoms with van der Waals surface area (Å²) < 4.78 is 23.0. The van der Waals surface area contributed by atoms with Crippen LogP contribution in [0.3, 0.4) is 0 Å². The topological polar surface area (TPSA) is 228 Å². The lowest BCUT2D eigenvalue weighted by molar-refractivity contribution is -0.359. The van der Waals surface area contributed by atoms with E-state index in [-0.39, 0.29) is 12.5 Å². The Morgan fingerprint density at radius 2 is 0.688 bits per heavy atom. The molecule has 2 rings (SSSR count). The van der Waals surface area contributed by atoms with Gasteiger partial charge in [0.05, 0.1) is 32.0 Å². The van der Waals surface area contributed by atoms with Gasteiger partial charge in [-0.15, -0.1) is 0 Å². The van der Waals surface area contributed by atoms with Crippen LogP contribution in [0, 0.1) is 0 Å². The number of allylic oxidation sites excluding steroid dienone is 4. The molecular formula is C82H157NO13. The van der Waals surface area contributed by atoms with Crippen LogP contribution < -0.4 is 5.32 Å². The molecule has 1 amide bonds. The molecule has 12 unspecified atom stereocenters. The molecule has 0 aromatic heterocycles. The van der Waals surface area contributed by atoms with Crippen LogP contribution in [0.15, 0.2) is 24.3 Å². The van der Waals surface area contributed by atoms with E-state index >= 15 is 0 Å². The van der Waals surface area contributed by atoms with Gasteiger partial charge in [-0.1, -0.05) is 372 Å². The van der Waals surface area contributed by atoms with E-state index in [1.165, 1.54) is 315 Å². The van der Waals surface area contributed by atoms with Crippen LogP contribution in [0.1, 0.15) is 399 Å². The normalized spacial score (nSPS) is 22.3. The first-order valence-corrected chi connectivity index (χ1v) is 41.6. The molecule has 2 saturated heterocycles. The average Bonchev–Trinajstić information content (AvgIpc) is 0.806. The Bertz CT molecular complexity index is 1700. The van der Waals surface area contributed by atoms with Gasteiger partial charge in [0.1, 0.15) is 48.8 Å². The SMILES string of the molecule is CCCCCCC/C=C\C/C=C\CCCCCCCCCCCCCCCCCCCCCCCCCCCCCC(=O)NC(COC1OC(CO)C(OC2OC(CO)C(O)C(O)C2O)C(O)C1O)C(O)CCCCCCCCCCCCCCCCCCCCCCCCC. The van der Waals surface area contributed by atoms with Crippen molar-refractivity contribution in [1.82, 2.24) is 5.32 Å². The predicted molar refractivity (Wildman–Crippen MR) is 397 cm³/mol. The van der Waals surface area contributed by atoms with Crippen molar-refractivity contribution in [2.75, 3.05) is 19.8 Å². The number of aliphatic hydroxyl groups excluding tert-OH is 8. The van der Waals surface area contributed by atoms with E-state index < -0.39 is 86.8 Å². The number of hydrogen-bond donors (Lipinski definition) is 9. The van der Waals surface area contributed by atoms with Gasteiger partial charge in [0.25, 0.3) is 0 Å². The van der Waals surface area contributed by atoms with E-state index in [0.717, 1.165) is 57.8 Å². The van der Waals surface area contributed by atoms with Crippen LogP contribution in [0.25, 0.3) is 0 Å². The molecule has 0 radical (unpaired) electrons. The molecule has 568 valence electrons. The van der Waals surface area contributed by atoms with Gasteiger partial charge in [0.15, 0.2) is 12.6 Å². The Balaban J connectivity index is 1.55. The zero-order valence-electron chi connectivity index (χ0n) is 62.4. The molecule has 2 aliphatic heterocycles. The average molecular weight is 1370 g/mol. The monoisotopic (exact) mass is 1360 g/mol. The first-order valence-electron chi connectivity index (χ1n) is 41.6. The summed E-state index contributed by atoms with van der Waals surface area (Å²) in [7, 11) is 0.